The number of carbonyl (C=O) groups is 1. The molecule has 1 unspecified atom stereocenters. The lowest BCUT2D eigenvalue weighted by Gasteiger charge is -2.30. The monoisotopic (exact) mass is 450 g/mol. The van der Waals surface area contributed by atoms with E-state index in [2.05, 4.69) is 0 Å². The van der Waals surface area contributed by atoms with E-state index in [1.807, 2.05) is 87.5 Å². The Kier molecular flexibility index (Phi) is 7.48. The van der Waals surface area contributed by atoms with Gasteiger partial charge in [-0.3, -0.25) is 4.79 Å². The predicted octanol–water partition coefficient (Wildman–Crippen LogP) is 5.00. The number of nitrogens with zero attached hydrogens (tertiary/aromatic N) is 1. The Morgan fingerprint density at radius 2 is 1.38 bits per heavy atom. The number of primary amides is 1. The van der Waals surface area contributed by atoms with E-state index in [1.54, 1.807) is 16.4 Å². The molecule has 0 saturated heterocycles. The summed E-state index contributed by atoms with van der Waals surface area (Å²) in [6.45, 7) is 6.43. The molecule has 0 radical (unpaired) electrons. The zero-order valence-corrected chi connectivity index (χ0v) is 19.5. The lowest BCUT2D eigenvalue weighted by molar-refractivity contribution is 0.100. The number of amides is 1. The first-order valence-electron chi connectivity index (χ1n) is 10.7. The third-order valence-corrected chi connectivity index (χ3v) is 7.30. The standard InChI is InChI=1S/C26H30N2O3S/c1-19(2)17-28(32(30,31)18-21-7-5-4-6-8-21)20(3)22-9-11-23(12-10-22)24-13-15-25(16-14-24)26(27)29/h4-16,19-20H,17-18H2,1-3H3,(H2,27,29). The van der Waals surface area contributed by atoms with Crippen molar-refractivity contribution in [2.45, 2.75) is 32.6 Å². The molecule has 3 aromatic rings. The molecule has 0 saturated carbocycles. The molecule has 0 fully saturated rings. The second kappa shape index (κ2) is 10.1. The minimum atomic E-state index is -3.50. The average molecular weight is 451 g/mol. The molecule has 2 N–H and O–H groups in total. The van der Waals surface area contributed by atoms with Crippen LogP contribution in [-0.2, 0) is 15.8 Å². The van der Waals surface area contributed by atoms with Crippen molar-refractivity contribution in [1.82, 2.24) is 4.31 Å². The molecule has 0 aromatic heterocycles. The van der Waals surface area contributed by atoms with E-state index in [0.29, 0.717) is 12.1 Å². The fourth-order valence-electron chi connectivity index (χ4n) is 3.69. The smallest absolute Gasteiger partial charge is 0.248 e. The van der Waals surface area contributed by atoms with Gasteiger partial charge in [0.2, 0.25) is 15.9 Å². The normalized spacial score (nSPS) is 12.8. The summed E-state index contributed by atoms with van der Waals surface area (Å²) in [7, 11) is -3.50. The molecule has 0 aliphatic heterocycles. The van der Waals surface area contributed by atoms with Crippen LogP contribution in [0.2, 0.25) is 0 Å². The molecule has 0 aliphatic carbocycles. The molecule has 0 heterocycles. The number of sulfonamides is 1. The summed E-state index contributed by atoms with van der Waals surface area (Å²) in [5.74, 6) is -0.274. The molecular formula is C26H30N2O3S. The Morgan fingerprint density at radius 1 is 0.844 bits per heavy atom. The molecule has 3 aromatic carbocycles. The van der Waals surface area contributed by atoms with Gasteiger partial charge in [0.15, 0.2) is 0 Å². The van der Waals surface area contributed by atoms with Gasteiger partial charge in [0, 0.05) is 18.2 Å². The van der Waals surface area contributed by atoms with E-state index in [4.69, 9.17) is 5.73 Å². The lowest BCUT2D eigenvalue weighted by atomic mass is 10.00. The van der Waals surface area contributed by atoms with E-state index in [9.17, 15) is 13.2 Å². The molecule has 168 valence electrons. The van der Waals surface area contributed by atoms with Crippen molar-refractivity contribution in [1.29, 1.82) is 0 Å². The Labute approximate surface area is 190 Å². The number of nitrogens with two attached hydrogens (primary N) is 1. The number of hydrogen-bond acceptors (Lipinski definition) is 3. The van der Waals surface area contributed by atoms with Crippen molar-refractivity contribution in [3.05, 3.63) is 95.6 Å². The molecule has 6 heteroatoms. The van der Waals surface area contributed by atoms with Gasteiger partial charge in [0.1, 0.15) is 0 Å². The third kappa shape index (κ3) is 5.84. The molecule has 3 rings (SSSR count). The Hall–Kier alpha value is -2.96. The highest BCUT2D eigenvalue weighted by Crippen LogP contribution is 2.29. The number of benzene rings is 3. The highest BCUT2D eigenvalue weighted by atomic mass is 32.2. The van der Waals surface area contributed by atoms with Crippen LogP contribution in [0.1, 0.15) is 48.3 Å². The maximum absolute atomic E-state index is 13.3. The fourth-order valence-corrected chi connectivity index (χ4v) is 5.60. The van der Waals surface area contributed by atoms with Crippen LogP contribution in [0, 0.1) is 5.92 Å². The second-order valence-electron chi connectivity index (χ2n) is 8.44. The largest absolute Gasteiger partial charge is 0.366 e. The summed E-state index contributed by atoms with van der Waals surface area (Å²) in [6, 6.07) is 24.0. The number of carbonyl (C=O) groups excluding carboxylic acids is 1. The first-order valence-corrected chi connectivity index (χ1v) is 12.3. The van der Waals surface area contributed by atoms with Gasteiger partial charge in [0.05, 0.1) is 5.75 Å². The first kappa shape index (κ1) is 23.7. The molecule has 32 heavy (non-hydrogen) atoms. The molecule has 0 bridgehead atoms. The van der Waals surface area contributed by atoms with E-state index in [0.717, 1.165) is 22.3 Å². The molecule has 0 aliphatic rings. The summed E-state index contributed by atoms with van der Waals surface area (Å²) in [5.41, 5.74) is 9.43. The van der Waals surface area contributed by atoms with Gasteiger partial charge in [-0.05, 0) is 47.2 Å². The summed E-state index contributed by atoms with van der Waals surface area (Å²) in [6.07, 6.45) is 0. The van der Waals surface area contributed by atoms with Gasteiger partial charge < -0.3 is 5.73 Å². The summed E-state index contributed by atoms with van der Waals surface area (Å²) < 4.78 is 28.2. The zero-order chi connectivity index (χ0) is 23.3. The summed E-state index contributed by atoms with van der Waals surface area (Å²) in [4.78, 5) is 11.3. The van der Waals surface area contributed by atoms with Crippen molar-refractivity contribution in [2.75, 3.05) is 6.54 Å². The van der Waals surface area contributed by atoms with Crippen molar-refractivity contribution < 1.29 is 13.2 Å². The van der Waals surface area contributed by atoms with Gasteiger partial charge in [-0.25, -0.2) is 8.42 Å². The molecule has 0 spiro atoms. The second-order valence-corrected chi connectivity index (χ2v) is 10.4. The number of rotatable bonds is 9. The van der Waals surface area contributed by atoms with Crippen LogP contribution >= 0.6 is 0 Å². The minimum Gasteiger partial charge on any atom is -0.366 e. The van der Waals surface area contributed by atoms with Crippen LogP contribution < -0.4 is 5.73 Å². The Bertz CT molecular complexity index is 1140. The van der Waals surface area contributed by atoms with Crippen LogP contribution in [0.25, 0.3) is 11.1 Å². The maximum Gasteiger partial charge on any atom is 0.248 e. The quantitative estimate of drug-likeness (QED) is 0.498. The van der Waals surface area contributed by atoms with E-state index < -0.39 is 15.9 Å². The van der Waals surface area contributed by atoms with E-state index in [-0.39, 0.29) is 17.7 Å². The average Bonchev–Trinajstić information content (AvgIpc) is 2.77. The maximum atomic E-state index is 13.3. The van der Waals surface area contributed by atoms with Crippen LogP contribution in [0.3, 0.4) is 0 Å². The topological polar surface area (TPSA) is 80.5 Å². The van der Waals surface area contributed by atoms with Crippen LogP contribution in [0.5, 0.6) is 0 Å². The van der Waals surface area contributed by atoms with Crippen molar-refractivity contribution in [3.8, 4) is 11.1 Å². The SMILES string of the molecule is CC(C)CN(C(C)c1ccc(-c2ccc(C(N)=O)cc2)cc1)S(=O)(=O)Cc1ccccc1. The van der Waals surface area contributed by atoms with Gasteiger partial charge in [-0.1, -0.05) is 80.6 Å². The van der Waals surface area contributed by atoms with Crippen LogP contribution in [0.4, 0.5) is 0 Å². The highest BCUT2D eigenvalue weighted by Gasteiger charge is 2.29. The lowest BCUT2D eigenvalue weighted by Crippen LogP contribution is -2.37. The summed E-state index contributed by atoms with van der Waals surface area (Å²) in [5, 5.41) is 0. The predicted molar refractivity (Wildman–Crippen MR) is 129 cm³/mol. The fraction of sp³-hybridized carbons (Fsp3) is 0.269. The third-order valence-electron chi connectivity index (χ3n) is 5.42. The summed E-state index contributed by atoms with van der Waals surface area (Å²) >= 11 is 0. The first-order chi connectivity index (χ1) is 15.2. The van der Waals surface area contributed by atoms with Crippen molar-refractivity contribution in [2.24, 2.45) is 11.7 Å². The molecule has 1 atom stereocenters. The van der Waals surface area contributed by atoms with E-state index >= 15 is 0 Å². The van der Waals surface area contributed by atoms with Crippen LogP contribution in [-0.4, -0.2) is 25.2 Å². The number of hydrogen-bond donors (Lipinski definition) is 1. The zero-order valence-electron chi connectivity index (χ0n) is 18.7. The van der Waals surface area contributed by atoms with Gasteiger partial charge in [-0.15, -0.1) is 0 Å². The van der Waals surface area contributed by atoms with Crippen molar-refractivity contribution in [3.63, 3.8) is 0 Å². The molecule has 5 nitrogen and oxygen atoms in total. The highest BCUT2D eigenvalue weighted by molar-refractivity contribution is 7.88. The van der Waals surface area contributed by atoms with Crippen molar-refractivity contribution >= 4 is 15.9 Å². The Morgan fingerprint density at radius 3 is 1.88 bits per heavy atom. The minimum absolute atomic E-state index is 0.0187. The Balaban J connectivity index is 1.84. The van der Waals surface area contributed by atoms with Gasteiger partial charge >= 0.3 is 0 Å². The molecular weight excluding hydrogens is 420 g/mol. The van der Waals surface area contributed by atoms with Crippen LogP contribution in [0.15, 0.2) is 78.9 Å². The van der Waals surface area contributed by atoms with E-state index in [1.165, 1.54) is 0 Å². The van der Waals surface area contributed by atoms with Gasteiger partial charge in [-0.2, -0.15) is 4.31 Å². The molecule has 1 amide bonds. The van der Waals surface area contributed by atoms with Gasteiger partial charge in [0.25, 0.3) is 0 Å².